The average Bonchev–Trinajstić information content (AvgIpc) is 3.32. The first-order valence-corrected chi connectivity index (χ1v) is 12.2. The van der Waals surface area contributed by atoms with Gasteiger partial charge in [0.15, 0.2) is 6.29 Å². The van der Waals surface area contributed by atoms with Crippen LogP contribution in [0.2, 0.25) is 0 Å². The third-order valence-corrected chi connectivity index (χ3v) is 6.51. The van der Waals surface area contributed by atoms with Crippen LogP contribution in [0.1, 0.15) is 16.7 Å². The summed E-state index contributed by atoms with van der Waals surface area (Å²) in [5.74, 6) is 0. The lowest BCUT2D eigenvalue weighted by Crippen LogP contribution is -2.62. The SMILES string of the molecule is CO/C=C/[C@@]12CO[C@@H](O1)[C@@H](OCc1ccccc1)[C@@H](OCc1ccccc1)[C@@H]2OCc1ccccc1. The third kappa shape index (κ3) is 5.69. The Morgan fingerprint density at radius 1 is 0.722 bits per heavy atom. The minimum atomic E-state index is -0.858. The summed E-state index contributed by atoms with van der Waals surface area (Å²) in [6, 6.07) is 30.2. The van der Waals surface area contributed by atoms with Crippen LogP contribution in [-0.4, -0.2) is 43.9 Å². The van der Waals surface area contributed by atoms with Crippen LogP contribution in [0.3, 0.4) is 0 Å². The Balaban J connectivity index is 1.43. The summed E-state index contributed by atoms with van der Waals surface area (Å²) < 4.78 is 37.4. The van der Waals surface area contributed by atoms with Crippen LogP contribution in [0.5, 0.6) is 0 Å². The monoisotopic (exact) mass is 488 g/mol. The molecule has 0 aliphatic carbocycles. The highest BCUT2D eigenvalue weighted by atomic mass is 16.8. The van der Waals surface area contributed by atoms with E-state index in [9.17, 15) is 0 Å². The lowest BCUT2D eigenvalue weighted by molar-refractivity contribution is -0.284. The van der Waals surface area contributed by atoms with Crippen molar-refractivity contribution in [2.24, 2.45) is 0 Å². The number of rotatable bonds is 11. The minimum Gasteiger partial charge on any atom is -0.505 e. The van der Waals surface area contributed by atoms with E-state index < -0.39 is 30.2 Å². The maximum absolute atomic E-state index is 6.57. The van der Waals surface area contributed by atoms with E-state index in [0.29, 0.717) is 26.4 Å². The van der Waals surface area contributed by atoms with Crippen LogP contribution in [0.15, 0.2) is 103 Å². The summed E-state index contributed by atoms with van der Waals surface area (Å²) >= 11 is 0. The molecule has 5 rings (SSSR count). The molecule has 6 heteroatoms. The van der Waals surface area contributed by atoms with Crippen LogP contribution < -0.4 is 0 Å². The molecular weight excluding hydrogens is 456 g/mol. The van der Waals surface area contributed by atoms with Gasteiger partial charge in [-0.2, -0.15) is 0 Å². The highest BCUT2D eigenvalue weighted by molar-refractivity contribution is 5.19. The number of ether oxygens (including phenoxy) is 6. The molecule has 0 aromatic heterocycles. The van der Waals surface area contributed by atoms with Gasteiger partial charge >= 0.3 is 0 Å². The molecule has 6 nitrogen and oxygen atoms in total. The van der Waals surface area contributed by atoms with Gasteiger partial charge in [-0.3, -0.25) is 0 Å². The molecule has 0 spiro atoms. The fraction of sp³-hybridized carbons (Fsp3) is 0.333. The standard InChI is InChI=1S/C30H32O6/c1-31-18-17-30-22-35-29(36-30)27(33-20-24-13-7-3-8-14-24)26(32-19-23-11-5-2-6-12-23)28(30)34-21-25-15-9-4-10-16-25/h2-18,26-29H,19-22H2,1H3/b18-17+/t26-,27+,28+,29+,30+/m1/s1. The van der Waals surface area contributed by atoms with Crippen molar-refractivity contribution in [1.29, 1.82) is 0 Å². The maximum Gasteiger partial charge on any atom is 0.187 e. The molecule has 36 heavy (non-hydrogen) atoms. The second kappa shape index (κ2) is 11.8. The Morgan fingerprint density at radius 3 is 1.75 bits per heavy atom. The molecular formula is C30H32O6. The molecule has 2 fully saturated rings. The van der Waals surface area contributed by atoms with Gasteiger partial charge in [0.05, 0.1) is 39.8 Å². The first kappa shape index (κ1) is 24.7. The lowest BCUT2D eigenvalue weighted by Gasteiger charge is -2.45. The molecule has 0 radical (unpaired) electrons. The van der Waals surface area contributed by atoms with Crippen LogP contribution in [0.4, 0.5) is 0 Å². The fourth-order valence-corrected chi connectivity index (χ4v) is 4.66. The van der Waals surface area contributed by atoms with Gasteiger partial charge in [0.1, 0.15) is 23.9 Å². The van der Waals surface area contributed by atoms with Crippen molar-refractivity contribution >= 4 is 0 Å². The Morgan fingerprint density at radius 2 is 1.22 bits per heavy atom. The summed E-state index contributed by atoms with van der Waals surface area (Å²) in [6.07, 6.45) is 1.47. The predicted octanol–water partition coefficient (Wildman–Crippen LogP) is 5.03. The van der Waals surface area contributed by atoms with Gasteiger partial charge in [0.2, 0.25) is 0 Å². The van der Waals surface area contributed by atoms with Crippen molar-refractivity contribution in [3.63, 3.8) is 0 Å². The number of methoxy groups -OCH3 is 1. The van der Waals surface area contributed by atoms with Crippen molar-refractivity contribution in [2.75, 3.05) is 13.7 Å². The highest BCUT2D eigenvalue weighted by Crippen LogP contribution is 2.42. The van der Waals surface area contributed by atoms with E-state index >= 15 is 0 Å². The molecule has 0 amide bonds. The summed E-state index contributed by atoms with van der Waals surface area (Å²) in [5, 5.41) is 0. The average molecular weight is 489 g/mol. The predicted molar refractivity (Wildman–Crippen MR) is 135 cm³/mol. The van der Waals surface area contributed by atoms with Crippen molar-refractivity contribution in [3.05, 3.63) is 120 Å². The Bertz CT molecular complexity index is 1090. The molecule has 188 valence electrons. The number of hydrogen-bond acceptors (Lipinski definition) is 6. The van der Waals surface area contributed by atoms with E-state index in [1.54, 1.807) is 13.4 Å². The van der Waals surface area contributed by atoms with E-state index in [0.717, 1.165) is 16.7 Å². The van der Waals surface area contributed by atoms with E-state index in [-0.39, 0.29) is 0 Å². The highest BCUT2D eigenvalue weighted by Gasteiger charge is 2.60. The minimum absolute atomic E-state index is 0.313. The maximum atomic E-state index is 6.57. The molecule has 2 heterocycles. The van der Waals surface area contributed by atoms with Crippen molar-refractivity contribution in [3.8, 4) is 0 Å². The van der Waals surface area contributed by atoms with Crippen molar-refractivity contribution in [2.45, 2.75) is 50.0 Å². The quantitative estimate of drug-likeness (QED) is 0.353. The summed E-state index contributed by atoms with van der Waals surface area (Å²) in [7, 11) is 1.61. The second-order valence-electron chi connectivity index (χ2n) is 9.03. The summed E-state index contributed by atoms with van der Waals surface area (Å²) in [5.41, 5.74) is 2.34. The fourth-order valence-electron chi connectivity index (χ4n) is 4.66. The second-order valence-corrected chi connectivity index (χ2v) is 9.03. The molecule has 3 aromatic rings. The van der Waals surface area contributed by atoms with Crippen molar-refractivity contribution < 1.29 is 28.4 Å². The van der Waals surface area contributed by atoms with E-state index in [2.05, 4.69) is 0 Å². The number of hydrogen-bond donors (Lipinski definition) is 0. The summed E-state index contributed by atoms with van der Waals surface area (Å²) in [6.45, 7) is 1.54. The smallest absolute Gasteiger partial charge is 0.187 e. The number of fused-ring (bicyclic) bond motifs is 2. The Kier molecular flexibility index (Phi) is 8.11. The van der Waals surface area contributed by atoms with Crippen LogP contribution in [-0.2, 0) is 48.2 Å². The zero-order valence-electron chi connectivity index (χ0n) is 20.4. The van der Waals surface area contributed by atoms with Gasteiger partial charge in [-0.05, 0) is 22.8 Å². The van der Waals surface area contributed by atoms with Crippen molar-refractivity contribution in [1.82, 2.24) is 0 Å². The molecule has 2 aliphatic rings. The Labute approximate surface area is 212 Å². The topological polar surface area (TPSA) is 55.4 Å². The normalized spacial score (nSPS) is 27.4. The molecule has 0 saturated carbocycles. The molecule has 0 unspecified atom stereocenters. The molecule has 2 saturated heterocycles. The summed E-state index contributed by atoms with van der Waals surface area (Å²) in [4.78, 5) is 0. The van der Waals surface area contributed by atoms with Crippen LogP contribution >= 0.6 is 0 Å². The number of benzene rings is 3. The van der Waals surface area contributed by atoms with Gasteiger partial charge < -0.3 is 28.4 Å². The lowest BCUT2D eigenvalue weighted by atomic mass is 9.88. The largest absolute Gasteiger partial charge is 0.505 e. The van der Waals surface area contributed by atoms with Gasteiger partial charge in [-0.25, -0.2) is 0 Å². The van der Waals surface area contributed by atoms with Gasteiger partial charge in [-0.15, -0.1) is 0 Å². The third-order valence-electron chi connectivity index (χ3n) is 6.51. The zero-order valence-corrected chi connectivity index (χ0v) is 20.4. The Hall–Kier alpha value is -3.00. The van der Waals surface area contributed by atoms with E-state index in [4.69, 9.17) is 28.4 Å². The van der Waals surface area contributed by atoms with Gasteiger partial charge in [0.25, 0.3) is 0 Å². The van der Waals surface area contributed by atoms with Gasteiger partial charge in [-0.1, -0.05) is 91.0 Å². The molecule has 2 aliphatic heterocycles. The first-order valence-electron chi connectivity index (χ1n) is 12.2. The zero-order chi connectivity index (χ0) is 24.6. The molecule has 3 aromatic carbocycles. The van der Waals surface area contributed by atoms with E-state index in [1.165, 1.54) is 0 Å². The van der Waals surface area contributed by atoms with Gasteiger partial charge in [0, 0.05) is 0 Å². The molecule has 5 atom stereocenters. The van der Waals surface area contributed by atoms with Crippen LogP contribution in [0.25, 0.3) is 0 Å². The van der Waals surface area contributed by atoms with E-state index in [1.807, 2.05) is 97.1 Å². The molecule has 0 N–H and O–H groups in total. The van der Waals surface area contributed by atoms with Crippen LogP contribution in [0, 0.1) is 0 Å². The first-order chi connectivity index (χ1) is 17.8. The molecule has 2 bridgehead atoms.